The van der Waals surface area contributed by atoms with Gasteiger partial charge in [0.1, 0.15) is 10.8 Å². The molecule has 1 N–H and O–H groups in total. The number of hydrogen-bond acceptors (Lipinski definition) is 6. The van der Waals surface area contributed by atoms with Crippen LogP contribution >= 0.6 is 11.3 Å². The Labute approximate surface area is 166 Å². The number of fused-ring (bicyclic) bond motifs is 1. The second kappa shape index (κ2) is 7.40. The molecule has 28 heavy (non-hydrogen) atoms. The van der Waals surface area contributed by atoms with E-state index in [9.17, 15) is 4.79 Å². The van der Waals surface area contributed by atoms with Crippen molar-refractivity contribution in [3.63, 3.8) is 0 Å². The highest BCUT2D eigenvalue weighted by molar-refractivity contribution is 7.19. The van der Waals surface area contributed by atoms with E-state index in [2.05, 4.69) is 20.6 Å². The van der Waals surface area contributed by atoms with E-state index in [0.717, 1.165) is 38.2 Å². The van der Waals surface area contributed by atoms with Crippen LogP contribution in [0.1, 0.15) is 17.0 Å². The van der Waals surface area contributed by atoms with Crippen molar-refractivity contribution in [1.29, 1.82) is 0 Å². The highest BCUT2D eigenvalue weighted by Gasteiger charge is 2.12. The zero-order valence-electron chi connectivity index (χ0n) is 15.8. The first kappa shape index (κ1) is 18.1. The van der Waals surface area contributed by atoms with Gasteiger partial charge in [0, 0.05) is 11.3 Å². The lowest BCUT2D eigenvalue weighted by molar-refractivity contribution is -0.118. The van der Waals surface area contributed by atoms with Crippen LogP contribution in [0, 0.1) is 20.8 Å². The van der Waals surface area contributed by atoms with Crippen molar-refractivity contribution in [2.24, 2.45) is 0 Å². The van der Waals surface area contributed by atoms with Gasteiger partial charge in [-0.05, 0) is 56.2 Å². The van der Waals surface area contributed by atoms with Crippen molar-refractivity contribution in [3.05, 3.63) is 59.4 Å². The molecule has 0 unspecified atom stereocenters. The van der Waals surface area contributed by atoms with Gasteiger partial charge in [-0.3, -0.25) is 4.79 Å². The highest BCUT2D eigenvalue weighted by Crippen LogP contribution is 2.28. The number of hydrogen-bond donors (Lipinski definition) is 1. The molecule has 142 valence electrons. The van der Waals surface area contributed by atoms with Gasteiger partial charge >= 0.3 is 0 Å². The van der Waals surface area contributed by atoms with E-state index < -0.39 is 0 Å². The number of nitrogens with zero attached hydrogens (tertiary/aromatic N) is 4. The Kier molecular flexibility index (Phi) is 4.79. The van der Waals surface area contributed by atoms with Crippen LogP contribution in [0.3, 0.4) is 0 Å². The van der Waals surface area contributed by atoms with Crippen molar-refractivity contribution in [2.45, 2.75) is 20.8 Å². The van der Waals surface area contributed by atoms with Crippen LogP contribution in [0.5, 0.6) is 5.75 Å². The Morgan fingerprint density at radius 1 is 1.11 bits per heavy atom. The van der Waals surface area contributed by atoms with Crippen LogP contribution in [0.4, 0.5) is 5.69 Å². The maximum atomic E-state index is 12.3. The number of aryl methyl sites for hydroxylation is 3. The molecule has 0 saturated carbocycles. The van der Waals surface area contributed by atoms with Crippen LogP contribution in [-0.2, 0) is 4.79 Å². The zero-order chi connectivity index (χ0) is 19.7. The fourth-order valence-electron chi connectivity index (χ4n) is 2.82. The van der Waals surface area contributed by atoms with Gasteiger partial charge in [-0.15, -0.1) is 10.2 Å². The molecule has 0 bridgehead atoms. The van der Waals surface area contributed by atoms with E-state index in [1.54, 1.807) is 4.52 Å². The first-order valence-corrected chi connectivity index (χ1v) is 9.61. The van der Waals surface area contributed by atoms with Gasteiger partial charge in [-0.1, -0.05) is 29.5 Å². The van der Waals surface area contributed by atoms with E-state index in [1.165, 1.54) is 11.3 Å². The quantitative estimate of drug-likeness (QED) is 0.558. The number of carbonyl (C=O) groups excluding carboxylic acids is 1. The average Bonchev–Trinajstić information content (AvgIpc) is 3.25. The zero-order valence-corrected chi connectivity index (χ0v) is 16.6. The Bertz CT molecular complexity index is 1160. The normalized spacial score (nSPS) is 11.0. The third-order valence-corrected chi connectivity index (χ3v) is 5.29. The van der Waals surface area contributed by atoms with E-state index in [-0.39, 0.29) is 12.5 Å². The second-order valence-electron chi connectivity index (χ2n) is 6.48. The Balaban J connectivity index is 1.45. The van der Waals surface area contributed by atoms with Gasteiger partial charge < -0.3 is 10.1 Å². The maximum absolute atomic E-state index is 12.3. The van der Waals surface area contributed by atoms with Gasteiger partial charge in [-0.2, -0.15) is 9.61 Å². The number of para-hydroxylation sites is 1. The summed E-state index contributed by atoms with van der Waals surface area (Å²) >= 11 is 1.48. The molecule has 0 radical (unpaired) electrons. The van der Waals surface area contributed by atoms with E-state index in [0.29, 0.717) is 5.75 Å². The largest absolute Gasteiger partial charge is 0.483 e. The molecule has 0 aliphatic rings. The second-order valence-corrected chi connectivity index (χ2v) is 7.44. The molecule has 4 rings (SSSR count). The van der Waals surface area contributed by atoms with Crippen molar-refractivity contribution >= 4 is 27.9 Å². The lowest BCUT2D eigenvalue weighted by atomic mass is 10.1. The molecule has 2 aromatic carbocycles. The molecule has 0 aliphatic carbocycles. The van der Waals surface area contributed by atoms with Crippen LogP contribution < -0.4 is 10.1 Å². The van der Waals surface area contributed by atoms with Crippen LogP contribution in [0.25, 0.3) is 15.5 Å². The predicted octanol–water partition coefficient (Wildman–Crippen LogP) is 3.80. The van der Waals surface area contributed by atoms with Gasteiger partial charge in [0.2, 0.25) is 4.96 Å². The van der Waals surface area contributed by atoms with Crippen LogP contribution in [0.2, 0.25) is 0 Å². The smallest absolute Gasteiger partial charge is 0.262 e. The number of rotatable bonds is 5. The highest BCUT2D eigenvalue weighted by atomic mass is 32.1. The van der Waals surface area contributed by atoms with Crippen LogP contribution in [0.15, 0.2) is 42.5 Å². The van der Waals surface area contributed by atoms with E-state index in [4.69, 9.17) is 4.74 Å². The summed E-state index contributed by atoms with van der Waals surface area (Å²) in [5, 5.41) is 16.4. The summed E-state index contributed by atoms with van der Waals surface area (Å²) in [5.41, 5.74) is 3.67. The predicted molar refractivity (Wildman–Crippen MR) is 109 cm³/mol. The molecular weight excluding hydrogens is 374 g/mol. The van der Waals surface area contributed by atoms with Gasteiger partial charge in [0.05, 0.1) is 0 Å². The number of carbonyl (C=O) groups is 1. The lowest BCUT2D eigenvalue weighted by Gasteiger charge is -2.11. The molecule has 2 aromatic heterocycles. The molecular formula is C20H19N5O2S. The summed E-state index contributed by atoms with van der Waals surface area (Å²) in [5.74, 6) is 1.27. The maximum Gasteiger partial charge on any atom is 0.262 e. The molecule has 1 amide bonds. The topological polar surface area (TPSA) is 81.4 Å². The molecule has 2 heterocycles. The van der Waals surface area contributed by atoms with Gasteiger partial charge in [-0.25, -0.2) is 0 Å². The van der Waals surface area contributed by atoms with Crippen molar-refractivity contribution in [2.75, 3.05) is 11.9 Å². The van der Waals surface area contributed by atoms with Gasteiger partial charge in [0.25, 0.3) is 5.91 Å². The minimum absolute atomic E-state index is 0.0397. The number of aromatic nitrogens is 4. The Morgan fingerprint density at radius 2 is 1.93 bits per heavy atom. The molecule has 0 spiro atoms. The summed E-state index contributed by atoms with van der Waals surface area (Å²) in [4.78, 5) is 13.0. The minimum atomic E-state index is -0.200. The van der Waals surface area contributed by atoms with Crippen LogP contribution in [-0.4, -0.2) is 32.3 Å². The standard InChI is InChI=1S/C20H19N5O2S/c1-12-6-4-5-7-17(12)27-11-18(26)21-16-9-8-15(10-13(16)2)19-24-25-14(3)22-23-20(25)28-19/h4-10H,11H2,1-3H3,(H,21,26). The summed E-state index contributed by atoms with van der Waals surface area (Å²) in [6, 6.07) is 13.4. The number of benzene rings is 2. The van der Waals surface area contributed by atoms with Crippen molar-refractivity contribution in [3.8, 4) is 16.3 Å². The Morgan fingerprint density at radius 3 is 2.68 bits per heavy atom. The molecule has 0 atom stereocenters. The number of anilines is 1. The molecule has 0 aliphatic heterocycles. The Hall–Kier alpha value is -3.26. The first-order valence-electron chi connectivity index (χ1n) is 8.79. The van der Waals surface area contributed by atoms with E-state index in [1.807, 2.05) is 63.2 Å². The fraction of sp³-hybridized carbons (Fsp3) is 0.200. The number of amides is 1. The summed E-state index contributed by atoms with van der Waals surface area (Å²) < 4.78 is 7.33. The van der Waals surface area contributed by atoms with Crippen molar-refractivity contribution in [1.82, 2.24) is 19.8 Å². The van der Waals surface area contributed by atoms with Gasteiger partial charge in [0.15, 0.2) is 12.4 Å². The third-order valence-electron chi connectivity index (χ3n) is 4.35. The molecule has 4 aromatic rings. The average molecular weight is 393 g/mol. The van der Waals surface area contributed by atoms with E-state index >= 15 is 0 Å². The molecule has 0 fully saturated rings. The molecule has 7 nitrogen and oxygen atoms in total. The van der Waals surface area contributed by atoms with Crippen molar-refractivity contribution < 1.29 is 9.53 Å². The number of ether oxygens (including phenoxy) is 1. The number of nitrogens with one attached hydrogen (secondary N) is 1. The third kappa shape index (κ3) is 3.59. The summed E-state index contributed by atoms with van der Waals surface area (Å²) in [6.07, 6.45) is 0. The minimum Gasteiger partial charge on any atom is -0.483 e. The first-order chi connectivity index (χ1) is 13.5. The fourth-order valence-corrected chi connectivity index (χ4v) is 3.70. The monoisotopic (exact) mass is 393 g/mol. The molecule has 8 heteroatoms. The summed E-state index contributed by atoms with van der Waals surface area (Å²) in [7, 11) is 0. The molecule has 0 saturated heterocycles. The summed E-state index contributed by atoms with van der Waals surface area (Å²) in [6.45, 7) is 5.73. The SMILES string of the molecule is Cc1cc(-c2nn3c(C)nnc3s2)ccc1NC(=O)COc1ccccc1C. The lowest BCUT2D eigenvalue weighted by Crippen LogP contribution is -2.20.